The number of benzene rings is 2. The first-order valence-electron chi connectivity index (χ1n) is 11.8. The van der Waals surface area contributed by atoms with E-state index in [1.165, 1.54) is 0 Å². The first-order valence-corrected chi connectivity index (χ1v) is 11.8. The quantitative estimate of drug-likeness (QED) is 0.284. The Balaban J connectivity index is 1.54. The topological polar surface area (TPSA) is 85.5 Å². The molecule has 35 heavy (non-hydrogen) atoms. The van der Waals surface area contributed by atoms with Crippen molar-refractivity contribution in [2.75, 3.05) is 0 Å². The van der Waals surface area contributed by atoms with Gasteiger partial charge < -0.3 is 14.3 Å². The summed E-state index contributed by atoms with van der Waals surface area (Å²) in [5.41, 5.74) is 5.72. The van der Waals surface area contributed by atoms with Gasteiger partial charge in [0.05, 0.1) is 11.4 Å². The Kier molecular flexibility index (Phi) is 7.30. The molecule has 4 rings (SSSR count). The lowest BCUT2D eigenvalue weighted by atomic mass is 10.0. The summed E-state index contributed by atoms with van der Waals surface area (Å²) in [6, 6.07) is 19.6. The van der Waals surface area contributed by atoms with E-state index in [0.717, 1.165) is 33.6 Å². The normalized spacial score (nSPS) is 12.0. The largest absolute Gasteiger partial charge is 0.483 e. The number of aliphatic carboxylic acids is 1. The zero-order chi connectivity index (χ0) is 24.9. The van der Waals surface area contributed by atoms with Gasteiger partial charge in [-0.2, -0.15) is 0 Å². The Morgan fingerprint density at radius 2 is 1.77 bits per heavy atom. The predicted molar refractivity (Wildman–Crippen MR) is 135 cm³/mol. The maximum atomic E-state index is 10.9. The summed E-state index contributed by atoms with van der Waals surface area (Å²) in [4.78, 5) is 20.1. The van der Waals surface area contributed by atoms with Gasteiger partial charge in [-0.15, -0.1) is 0 Å². The number of aromatic nitrogens is 2. The third kappa shape index (κ3) is 5.77. The highest BCUT2D eigenvalue weighted by Gasteiger charge is 2.23. The Morgan fingerprint density at radius 1 is 1.03 bits per heavy atom. The fraction of sp³-hybridized carbons (Fsp3) is 0.276. The SMILES string of the molecule is Cc1cc(OC(C)c2oc(-c3ccc(-c4ccccn4)cc3)nc2C(C)C)ccc1CCC(=O)O. The molecule has 0 aliphatic heterocycles. The summed E-state index contributed by atoms with van der Waals surface area (Å²) in [7, 11) is 0. The molecule has 6 heteroatoms. The number of hydrogen-bond acceptors (Lipinski definition) is 5. The summed E-state index contributed by atoms with van der Waals surface area (Å²) >= 11 is 0. The minimum Gasteiger partial charge on any atom is -0.483 e. The first kappa shape index (κ1) is 24.2. The first-order chi connectivity index (χ1) is 16.8. The number of carboxylic acid groups (broad SMARTS) is 1. The van der Waals surface area contributed by atoms with Gasteiger partial charge in [0.1, 0.15) is 5.75 Å². The van der Waals surface area contributed by atoms with Gasteiger partial charge >= 0.3 is 5.97 Å². The second kappa shape index (κ2) is 10.6. The van der Waals surface area contributed by atoms with E-state index in [-0.39, 0.29) is 18.4 Å². The van der Waals surface area contributed by atoms with Crippen molar-refractivity contribution in [2.45, 2.75) is 52.6 Å². The van der Waals surface area contributed by atoms with E-state index in [4.69, 9.17) is 19.2 Å². The van der Waals surface area contributed by atoms with E-state index in [0.29, 0.717) is 23.8 Å². The monoisotopic (exact) mass is 470 g/mol. The summed E-state index contributed by atoms with van der Waals surface area (Å²) in [5, 5.41) is 8.94. The van der Waals surface area contributed by atoms with Crippen LogP contribution in [0, 0.1) is 6.92 Å². The summed E-state index contributed by atoms with van der Waals surface area (Å²) in [6.45, 7) is 8.09. The van der Waals surface area contributed by atoms with Crippen molar-refractivity contribution in [1.29, 1.82) is 0 Å². The van der Waals surface area contributed by atoms with Crippen molar-refractivity contribution in [2.24, 2.45) is 0 Å². The fourth-order valence-corrected chi connectivity index (χ4v) is 4.01. The zero-order valence-corrected chi connectivity index (χ0v) is 20.5. The van der Waals surface area contributed by atoms with E-state index >= 15 is 0 Å². The zero-order valence-electron chi connectivity index (χ0n) is 20.5. The molecule has 0 fully saturated rings. The molecule has 1 atom stereocenters. The van der Waals surface area contributed by atoms with E-state index in [1.54, 1.807) is 6.20 Å². The van der Waals surface area contributed by atoms with E-state index in [1.807, 2.05) is 74.5 Å². The molecule has 2 heterocycles. The van der Waals surface area contributed by atoms with Crippen LogP contribution in [0.4, 0.5) is 0 Å². The highest BCUT2D eigenvalue weighted by atomic mass is 16.5. The maximum Gasteiger partial charge on any atom is 0.303 e. The number of aryl methyl sites for hydroxylation is 2. The smallest absolute Gasteiger partial charge is 0.303 e. The van der Waals surface area contributed by atoms with Gasteiger partial charge in [0.15, 0.2) is 11.9 Å². The fourth-order valence-electron chi connectivity index (χ4n) is 4.01. The average Bonchev–Trinajstić information content (AvgIpc) is 3.30. The van der Waals surface area contributed by atoms with Crippen molar-refractivity contribution in [3.63, 3.8) is 0 Å². The number of oxazole rings is 1. The molecule has 0 radical (unpaired) electrons. The van der Waals surface area contributed by atoms with Gasteiger partial charge in [-0.25, -0.2) is 4.98 Å². The van der Waals surface area contributed by atoms with E-state index < -0.39 is 5.97 Å². The molecule has 180 valence electrons. The van der Waals surface area contributed by atoms with Gasteiger partial charge in [0, 0.05) is 23.7 Å². The second-order valence-corrected chi connectivity index (χ2v) is 8.96. The van der Waals surface area contributed by atoms with Crippen LogP contribution in [0.25, 0.3) is 22.7 Å². The van der Waals surface area contributed by atoms with Crippen LogP contribution in [0.1, 0.15) is 61.8 Å². The molecule has 0 amide bonds. The standard InChI is InChI=1S/C29H30N2O4/c1-18(2)27-28(20(4)34-24-14-12-21(19(3)17-24)13-15-26(32)33)35-29(31-27)23-10-8-22(9-11-23)25-7-5-6-16-30-25/h5-12,14,16-18,20H,13,15H2,1-4H3,(H,32,33). The van der Waals surface area contributed by atoms with Crippen molar-refractivity contribution >= 4 is 5.97 Å². The molecule has 0 saturated carbocycles. The third-order valence-electron chi connectivity index (χ3n) is 5.92. The van der Waals surface area contributed by atoms with Crippen LogP contribution in [0.2, 0.25) is 0 Å². The number of carboxylic acids is 1. The van der Waals surface area contributed by atoms with Crippen LogP contribution in [-0.2, 0) is 11.2 Å². The van der Waals surface area contributed by atoms with Gasteiger partial charge in [0.2, 0.25) is 5.89 Å². The number of carbonyl (C=O) groups is 1. The van der Waals surface area contributed by atoms with E-state index in [9.17, 15) is 4.79 Å². The molecular weight excluding hydrogens is 440 g/mol. The molecular formula is C29H30N2O4. The molecule has 1 unspecified atom stereocenters. The van der Waals surface area contributed by atoms with Crippen molar-refractivity contribution in [1.82, 2.24) is 9.97 Å². The Bertz CT molecular complexity index is 1290. The van der Waals surface area contributed by atoms with Gasteiger partial charge in [-0.05, 0) is 73.7 Å². The third-order valence-corrected chi connectivity index (χ3v) is 5.92. The minimum absolute atomic E-state index is 0.110. The molecule has 2 aromatic heterocycles. The van der Waals surface area contributed by atoms with Gasteiger partial charge in [0.25, 0.3) is 0 Å². The maximum absolute atomic E-state index is 10.9. The Labute approximate surface area is 205 Å². The van der Waals surface area contributed by atoms with Crippen LogP contribution in [0.15, 0.2) is 71.3 Å². The molecule has 0 aliphatic carbocycles. The average molecular weight is 471 g/mol. The van der Waals surface area contributed by atoms with Crippen molar-refractivity contribution < 1.29 is 19.1 Å². The summed E-state index contributed by atoms with van der Waals surface area (Å²) in [5.74, 6) is 1.35. The van der Waals surface area contributed by atoms with E-state index in [2.05, 4.69) is 18.8 Å². The van der Waals surface area contributed by atoms with Crippen LogP contribution < -0.4 is 4.74 Å². The summed E-state index contributed by atoms with van der Waals surface area (Å²) in [6.07, 6.45) is 2.05. The number of pyridine rings is 1. The molecule has 0 bridgehead atoms. The highest BCUT2D eigenvalue weighted by molar-refractivity contribution is 5.67. The number of nitrogens with zero attached hydrogens (tertiary/aromatic N) is 2. The molecule has 0 saturated heterocycles. The Hall–Kier alpha value is -3.93. The van der Waals surface area contributed by atoms with Gasteiger partial charge in [-0.3, -0.25) is 9.78 Å². The van der Waals surface area contributed by atoms with Crippen LogP contribution in [0.3, 0.4) is 0 Å². The highest BCUT2D eigenvalue weighted by Crippen LogP contribution is 2.34. The summed E-state index contributed by atoms with van der Waals surface area (Å²) < 4.78 is 12.5. The molecule has 1 N–H and O–H groups in total. The molecule has 0 aliphatic rings. The minimum atomic E-state index is -0.799. The number of hydrogen-bond donors (Lipinski definition) is 1. The lowest BCUT2D eigenvalue weighted by molar-refractivity contribution is -0.136. The van der Waals surface area contributed by atoms with Crippen LogP contribution in [0.5, 0.6) is 5.75 Å². The number of rotatable bonds is 9. The van der Waals surface area contributed by atoms with Crippen LogP contribution in [-0.4, -0.2) is 21.0 Å². The predicted octanol–water partition coefficient (Wildman–Crippen LogP) is 6.99. The second-order valence-electron chi connectivity index (χ2n) is 8.96. The van der Waals surface area contributed by atoms with Crippen molar-refractivity contribution in [3.8, 4) is 28.5 Å². The molecule has 2 aromatic carbocycles. The van der Waals surface area contributed by atoms with Gasteiger partial charge in [-0.1, -0.05) is 38.1 Å². The van der Waals surface area contributed by atoms with Crippen molar-refractivity contribution in [3.05, 3.63) is 89.4 Å². The lowest BCUT2D eigenvalue weighted by Gasteiger charge is -2.16. The number of ether oxygens (including phenoxy) is 1. The lowest BCUT2D eigenvalue weighted by Crippen LogP contribution is -2.06. The van der Waals surface area contributed by atoms with Crippen LogP contribution >= 0.6 is 0 Å². The molecule has 0 spiro atoms. The molecule has 4 aromatic rings. The molecule has 6 nitrogen and oxygen atoms in total. The Morgan fingerprint density at radius 3 is 2.40 bits per heavy atom.